The zero-order valence-electron chi connectivity index (χ0n) is 16.4. The molecule has 5 nitrogen and oxygen atoms in total. The molecule has 0 unspecified atom stereocenters. The van der Waals surface area contributed by atoms with Gasteiger partial charge in [-0.2, -0.15) is 13.2 Å². The fourth-order valence-corrected chi connectivity index (χ4v) is 3.89. The van der Waals surface area contributed by atoms with Crippen LogP contribution in [0.15, 0.2) is 48.5 Å². The van der Waals surface area contributed by atoms with E-state index in [2.05, 4.69) is 4.98 Å². The van der Waals surface area contributed by atoms with Crippen molar-refractivity contribution in [1.29, 1.82) is 0 Å². The number of carbonyl (C=O) groups is 2. The lowest BCUT2D eigenvalue weighted by Gasteiger charge is -2.06. The molecule has 0 bridgehead atoms. The zero-order chi connectivity index (χ0) is 22.6. The predicted molar refractivity (Wildman–Crippen MR) is 110 cm³/mol. The molecule has 162 valence electrons. The quantitative estimate of drug-likeness (QED) is 0.465. The number of aliphatic carboxylic acids is 1. The Kier molecular flexibility index (Phi) is 6.74. The van der Waals surface area contributed by atoms with E-state index in [1.807, 2.05) is 0 Å². The number of rotatable bonds is 8. The summed E-state index contributed by atoms with van der Waals surface area (Å²) in [4.78, 5) is 28.0. The van der Waals surface area contributed by atoms with Crippen LogP contribution in [0.5, 0.6) is 5.75 Å². The Morgan fingerprint density at radius 1 is 1.06 bits per heavy atom. The Morgan fingerprint density at radius 3 is 2.29 bits per heavy atom. The van der Waals surface area contributed by atoms with E-state index in [-0.39, 0.29) is 12.2 Å². The SMILES string of the molecule is Cc1nc(-c2ccc(C(F)(F)F)cc2)sc1C(=O)CCc1ccc(OCC(=O)O)cc1. The first-order chi connectivity index (χ1) is 14.6. The summed E-state index contributed by atoms with van der Waals surface area (Å²) in [5, 5.41) is 9.11. The largest absolute Gasteiger partial charge is 0.482 e. The summed E-state index contributed by atoms with van der Waals surface area (Å²) in [5.41, 5.74) is 1.22. The normalized spacial score (nSPS) is 11.4. The Morgan fingerprint density at radius 2 is 1.71 bits per heavy atom. The number of ether oxygens (including phenoxy) is 1. The van der Waals surface area contributed by atoms with Gasteiger partial charge in [-0.25, -0.2) is 9.78 Å². The van der Waals surface area contributed by atoms with Crippen molar-refractivity contribution in [3.63, 3.8) is 0 Å². The first-order valence-electron chi connectivity index (χ1n) is 9.25. The van der Waals surface area contributed by atoms with Gasteiger partial charge in [0.15, 0.2) is 12.4 Å². The lowest BCUT2D eigenvalue weighted by Crippen LogP contribution is -2.09. The van der Waals surface area contributed by atoms with Crippen molar-refractivity contribution in [2.24, 2.45) is 0 Å². The third-order valence-electron chi connectivity index (χ3n) is 4.44. The number of hydrogen-bond donors (Lipinski definition) is 1. The molecule has 1 N–H and O–H groups in total. The number of Topliss-reactive ketones (excluding diaryl/α,β-unsaturated/α-hetero) is 1. The molecule has 2 aromatic carbocycles. The molecule has 9 heteroatoms. The van der Waals surface area contributed by atoms with Gasteiger partial charge in [0.1, 0.15) is 10.8 Å². The average molecular weight is 449 g/mol. The highest BCUT2D eigenvalue weighted by atomic mass is 32.1. The second-order valence-electron chi connectivity index (χ2n) is 6.76. The van der Waals surface area contributed by atoms with Crippen molar-refractivity contribution in [2.45, 2.75) is 25.9 Å². The molecule has 0 fully saturated rings. The third kappa shape index (κ3) is 5.91. The summed E-state index contributed by atoms with van der Waals surface area (Å²) < 4.78 is 43.2. The third-order valence-corrected chi connectivity index (χ3v) is 5.68. The van der Waals surface area contributed by atoms with E-state index in [1.54, 1.807) is 31.2 Å². The molecule has 0 atom stereocenters. The maximum absolute atomic E-state index is 12.7. The predicted octanol–water partition coefficient (Wildman–Crippen LogP) is 5.42. The van der Waals surface area contributed by atoms with E-state index < -0.39 is 24.3 Å². The molecule has 0 aliphatic rings. The first-order valence-corrected chi connectivity index (χ1v) is 10.1. The molecule has 0 aliphatic heterocycles. The smallest absolute Gasteiger partial charge is 0.416 e. The van der Waals surface area contributed by atoms with Crippen molar-refractivity contribution in [3.8, 4) is 16.3 Å². The number of hydrogen-bond acceptors (Lipinski definition) is 5. The number of ketones is 1. The minimum Gasteiger partial charge on any atom is -0.482 e. The summed E-state index contributed by atoms with van der Waals surface area (Å²) in [6.07, 6.45) is -3.69. The van der Waals surface area contributed by atoms with Crippen LogP contribution < -0.4 is 4.74 Å². The number of aromatic nitrogens is 1. The van der Waals surface area contributed by atoms with Crippen LogP contribution in [0.1, 0.15) is 32.9 Å². The van der Waals surface area contributed by atoms with Crippen molar-refractivity contribution in [2.75, 3.05) is 6.61 Å². The topological polar surface area (TPSA) is 76.5 Å². The van der Waals surface area contributed by atoms with E-state index in [9.17, 15) is 22.8 Å². The fraction of sp³-hybridized carbons (Fsp3) is 0.227. The lowest BCUT2D eigenvalue weighted by atomic mass is 10.1. The lowest BCUT2D eigenvalue weighted by molar-refractivity contribution is -0.139. The van der Waals surface area contributed by atoms with E-state index in [0.29, 0.717) is 33.3 Å². The van der Waals surface area contributed by atoms with Crippen LogP contribution in [0.3, 0.4) is 0 Å². The summed E-state index contributed by atoms with van der Waals surface area (Å²) >= 11 is 1.16. The molecular formula is C22H18F3NO4S. The maximum Gasteiger partial charge on any atom is 0.416 e. The van der Waals surface area contributed by atoms with Crippen molar-refractivity contribution < 1.29 is 32.6 Å². The van der Waals surface area contributed by atoms with E-state index in [4.69, 9.17) is 9.84 Å². The van der Waals surface area contributed by atoms with Crippen LogP contribution in [-0.2, 0) is 17.4 Å². The van der Waals surface area contributed by atoms with Crippen molar-refractivity contribution in [1.82, 2.24) is 4.98 Å². The summed E-state index contributed by atoms with van der Waals surface area (Å²) in [5.74, 6) is -0.735. The highest BCUT2D eigenvalue weighted by Gasteiger charge is 2.30. The first kappa shape index (κ1) is 22.5. The monoisotopic (exact) mass is 449 g/mol. The Bertz CT molecular complexity index is 1070. The Balaban J connectivity index is 1.64. The van der Waals surface area contributed by atoms with Gasteiger partial charge in [-0.15, -0.1) is 11.3 Å². The van der Waals surface area contributed by atoms with Crippen LogP contribution >= 0.6 is 11.3 Å². The number of thiazole rings is 1. The van der Waals surface area contributed by atoms with Gasteiger partial charge in [0.2, 0.25) is 0 Å². The van der Waals surface area contributed by atoms with Gasteiger partial charge in [0.25, 0.3) is 0 Å². The van der Waals surface area contributed by atoms with Gasteiger partial charge in [0.05, 0.1) is 16.1 Å². The molecule has 3 rings (SSSR count). The molecule has 0 saturated carbocycles. The van der Waals surface area contributed by atoms with Crippen LogP contribution in [-0.4, -0.2) is 28.4 Å². The van der Waals surface area contributed by atoms with Crippen molar-refractivity contribution >= 4 is 23.1 Å². The van der Waals surface area contributed by atoms with Gasteiger partial charge in [0, 0.05) is 12.0 Å². The number of benzene rings is 2. The Hall–Kier alpha value is -3.20. The molecule has 1 aromatic heterocycles. The minimum absolute atomic E-state index is 0.0978. The van der Waals surface area contributed by atoms with E-state index in [0.717, 1.165) is 29.0 Å². The van der Waals surface area contributed by atoms with Gasteiger partial charge in [-0.05, 0) is 43.2 Å². The number of carbonyl (C=O) groups excluding carboxylic acids is 1. The molecule has 1 heterocycles. The van der Waals surface area contributed by atoms with E-state index in [1.165, 1.54) is 12.1 Å². The van der Waals surface area contributed by atoms with Crippen molar-refractivity contribution in [3.05, 3.63) is 70.2 Å². The standard InChI is InChI=1S/C22H18F3NO4S/c1-13-20(31-21(26-13)15-5-7-16(8-6-15)22(23,24)25)18(27)11-4-14-2-9-17(10-3-14)30-12-19(28)29/h2-3,5-10H,4,11-12H2,1H3,(H,28,29). The summed E-state index contributed by atoms with van der Waals surface area (Å²) in [6.45, 7) is 1.27. The molecule has 0 radical (unpaired) electrons. The molecule has 3 aromatic rings. The average Bonchev–Trinajstić information content (AvgIpc) is 3.12. The highest BCUT2D eigenvalue weighted by molar-refractivity contribution is 7.17. The number of aryl methyl sites for hydroxylation is 2. The molecule has 0 aliphatic carbocycles. The fourth-order valence-electron chi connectivity index (χ4n) is 2.85. The number of alkyl halides is 3. The summed E-state index contributed by atoms with van der Waals surface area (Å²) in [7, 11) is 0. The van der Waals surface area contributed by atoms with E-state index >= 15 is 0 Å². The van der Waals surface area contributed by atoms with Crippen LogP contribution in [0.25, 0.3) is 10.6 Å². The number of nitrogens with zero attached hydrogens (tertiary/aromatic N) is 1. The summed E-state index contributed by atoms with van der Waals surface area (Å²) in [6, 6.07) is 11.5. The van der Waals surface area contributed by atoms with Gasteiger partial charge in [-0.1, -0.05) is 24.3 Å². The second-order valence-corrected chi connectivity index (χ2v) is 7.76. The second kappa shape index (κ2) is 9.30. The molecule has 31 heavy (non-hydrogen) atoms. The molecule has 0 spiro atoms. The number of carboxylic acids is 1. The molecular weight excluding hydrogens is 431 g/mol. The minimum atomic E-state index is -4.40. The number of halogens is 3. The van der Waals surface area contributed by atoms with Gasteiger partial charge >= 0.3 is 12.1 Å². The van der Waals surface area contributed by atoms with Gasteiger partial charge < -0.3 is 9.84 Å². The molecule has 0 amide bonds. The zero-order valence-corrected chi connectivity index (χ0v) is 17.2. The van der Waals surface area contributed by atoms with Crippen LogP contribution in [0.4, 0.5) is 13.2 Å². The maximum atomic E-state index is 12.7. The van der Waals surface area contributed by atoms with Crippen LogP contribution in [0, 0.1) is 6.92 Å². The number of carboxylic acid groups (broad SMARTS) is 1. The molecule has 0 saturated heterocycles. The van der Waals surface area contributed by atoms with Crippen LogP contribution in [0.2, 0.25) is 0 Å². The highest BCUT2D eigenvalue weighted by Crippen LogP contribution is 2.33. The van der Waals surface area contributed by atoms with Gasteiger partial charge in [-0.3, -0.25) is 4.79 Å². The Labute approximate surface area is 180 Å².